The maximum absolute atomic E-state index is 4.69. The normalized spacial score (nSPS) is 14.7. The number of hydrogen-bond acceptors (Lipinski definition) is 1. The lowest BCUT2D eigenvalue weighted by Crippen LogP contribution is -2.38. The lowest BCUT2D eigenvalue weighted by Gasteiger charge is -2.23. The first-order valence-corrected chi connectivity index (χ1v) is 7.65. The maximum Gasteiger partial charge on any atom is 0.195 e. The van der Waals surface area contributed by atoms with Gasteiger partial charge in [0.05, 0.1) is 11.9 Å². The third-order valence-electron chi connectivity index (χ3n) is 4.79. The summed E-state index contributed by atoms with van der Waals surface area (Å²) in [4.78, 5) is 4.69. The molecule has 1 aromatic carbocycles. The molecule has 0 saturated carbocycles. The Morgan fingerprint density at radius 3 is 2.64 bits per heavy atom. The Kier molecular flexibility index (Phi) is 2.59. The van der Waals surface area contributed by atoms with Gasteiger partial charge in [0, 0.05) is 28.8 Å². The minimum atomic E-state index is -0.0927. The predicted octanol–water partition coefficient (Wildman–Crippen LogP) is 3.31. The van der Waals surface area contributed by atoms with Crippen LogP contribution in [-0.4, -0.2) is 9.67 Å². The minimum absolute atomic E-state index is 0.0927. The Bertz CT molecular complexity index is 887. The van der Waals surface area contributed by atoms with E-state index in [1.165, 1.54) is 33.6 Å². The molecule has 3 nitrogen and oxygen atoms in total. The van der Waals surface area contributed by atoms with Crippen molar-refractivity contribution in [3.63, 3.8) is 0 Å². The lowest BCUT2D eigenvalue weighted by atomic mass is 9.83. The van der Waals surface area contributed by atoms with Crippen molar-refractivity contribution in [3.05, 3.63) is 65.7 Å². The van der Waals surface area contributed by atoms with Crippen LogP contribution in [0.4, 0.5) is 0 Å². The molecule has 0 aliphatic heterocycles. The lowest BCUT2D eigenvalue weighted by molar-refractivity contribution is -0.744. The van der Waals surface area contributed by atoms with Gasteiger partial charge in [-0.25, -0.2) is 0 Å². The van der Waals surface area contributed by atoms with Crippen LogP contribution in [0, 0.1) is 6.92 Å². The van der Waals surface area contributed by atoms with E-state index < -0.39 is 0 Å². The summed E-state index contributed by atoms with van der Waals surface area (Å²) in [7, 11) is 2.08. The molecule has 3 heteroatoms. The number of pyridine rings is 1. The monoisotopic (exact) mass is 290 g/mol. The molecule has 0 spiro atoms. The van der Waals surface area contributed by atoms with E-state index in [0.29, 0.717) is 0 Å². The number of fused-ring (bicyclic) bond motifs is 3. The van der Waals surface area contributed by atoms with Crippen molar-refractivity contribution in [3.8, 4) is 16.8 Å². The van der Waals surface area contributed by atoms with Gasteiger partial charge in [0.15, 0.2) is 13.2 Å². The summed E-state index contributed by atoms with van der Waals surface area (Å²) >= 11 is 0. The molecule has 0 amide bonds. The first kappa shape index (κ1) is 13.3. The molecule has 4 rings (SSSR count). The van der Waals surface area contributed by atoms with E-state index in [1.54, 1.807) is 0 Å². The summed E-state index contributed by atoms with van der Waals surface area (Å²) in [5.41, 5.74) is 7.57. The SMILES string of the molecule is Cc1ccc2c(c1-n1ccc[n+]1C)C(C)(C)c1ncccc1-2. The van der Waals surface area contributed by atoms with E-state index in [9.17, 15) is 0 Å². The first-order valence-electron chi connectivity index (χ1n) is 7.65. The quantitative estimate of drug-likeness (QED) is 0.630. The van der Waals surface area contributed by atoms with E-state index in [4.69, 9.17) is 0 Å². The highest BCUT2D eigenvalue weighted by Gasteiger charge is 2.40. The van der Waals surface area contributed by atoms with Crippen molar-refractivity contribution in [1.29, 1.82) is 0 Å². The fourth-order valence-electron chi connectivity index (χ4n) is 3.74. The van der Waals surface area contributed by atoms with Gasteiger partial charge >= 0.3 is 0 Å². The van der Waals surface area contributed by atoms with E-state index in [-0.39, 0.29) is 5.41 Å². The number of hydrogen-bond donors (Lipinski definition) is 0. The second-order valence-electron chi connectivity index (χ2n) is 6.59. The van der Waals surface area contributed by atoms with E-state index in [0.717, 1.165) is 0 Å². The molecule has 0 unspecified atom stereocenters. The molecule has 1 aliphatic rings. The molecule has 0 fully saturated rings. The number of nitrogens with zero attached hydrogens (tertiary/aromatic N) is 3. The summed E-state index contributed by atoms with van der Waals surface area (Å²) in [5, 5.41) is 0. The van der Waals surface area contributed by atoms with Gasteiger partial charge in [-0.1, -0.05) is 32.0 Å². The molecule has 0 atom stereocenters. The molecule has 110 valence electrons. The molecule has 0 N–H and O–H groups in total. The van der Waals surface area contributed by atoms with Gasteiger partial charge in [0.2, 0.25) is 0 Å². The maximum atomic E-state index is 4.69. The average Bonchev–Trinajstić information content (AvgIpc) is 3.01. The van der Waals surface area contributed by atoms with Gasteiger partial charge in [-0.3, -0.25) is 4.98 Å². The molecular formula is C19H20N3+. The molecule has 2 aromatic heterocycles. The van der Waals surface area contributed by atoms with Crippen LogP contribution in [-0.2, 0) is 12.5 Å². The number of aromatic nitrogens is 3. The molecule has 2 heterocycles. The first-order chi connectivity index (χ1) is 10.5. The summed E-state index contributed by atoms with van der Waals surface area (Å²) in [6.45, 7) is 6.73. The standard InChI is InChI=1S/C19H20N3/c1-13-8-9-14-15-7-5-10-20-18(15)19(2,3)16(14)17(13)22-12-6-11-21(22)4/h5-12H,1-4H3/q+1. The molecule has 0 bridgehead atoms. The second kappa shape index (κ2) is 4.29. The van der Waals surface area contributed by atoms with Gasteiger partial charge in [-0.15, -0.1) is 9.36 Å². The minimum Gasteiger partial charge on any atom is -0.260 e. The summed E-state index contributed by atoms with van der Waals surface area (Å²) in [6, 6.07) is 10.7. The number of rotatable bonds is 1. The molecule has 0 radical (unpaired) electrons. The van der Waals surface area contributed by atoms with Crippen LogP contribution >= 0.6 is 0 Å². The van der Waals surface area contributed by atoms with Crippen LogP contribution in [0.15, 0.2) is 48.9 Å². The van der Waals surface area contributed by atoms with E-state index in [2.05, 4.69) is 78.8 Å². The van der Waals surface area contributed by atoms with Crippen molar-refractivity contribution in [2.24, 2.45) is 7.05 Å². The Hall–Kier alpha value is -2.42. The largest absolute Gasteiger partial charge is 0.260 e. The zero-order valence-electron chi connectivity index (χ0n) is 13.5. The molecule has 22 heavy (non-hydrogen) atoms. The highest BCUT2D eigenvalue weighted by Crippen LogP contribution is 2.50. The van der Waals surface area contributed by atoms with Crippen LogP contribution < -0.4 is 4.68 Å². The van der Waals surface area contributed by atoms with Crippen molar-refractivity contribution in [2.75, 3.05) is 0 Å². The van der Waals surface area contributed by atoms with Crippen LogP contribution in [0.2, 0.25) is 0 Å². The highest BCUT2D eigenvalue weighted by molar-refractivity contribution is 5.83. The van der Waals surface area contributed by atoms with Gasteiger partial charge < -0.3 is 0 Å². The topological polar surface area (TPSA) is 21.7 Å². The Labute approximate surface area is 130 Å². The molecular weight excluding hydrogens is 270 g/mol. The van der Waals surface area contributed by atoms with Crippen LogP contribution in [0.3, 0.4) is 0 Å². The molecule has 1 aliphatic carbocycles. The Morgan fingerprint density at radius 2 is 1.91 bits per heavy atom. The van der Waals surface area contributed by atoms with E-state index >= 15 is 0 Å². The van der Waals surface area contributed by atoms with E-state index in [1.807, 2.05) is 12.3 Å². The number of benzene rings is 1. The fourth-order valence-corrected chi connectivity index (χ4v) is 3.74. The van der Waals surface area contributed by atoms with Crippen molar-refractivity contribution in [1.82, 2.24) is 9.67 Å². The van der Waals surface area contributed by atoms with Crippen molar-refractivity contribution >= 4 is 0 Å². The fraction of sp³-hybridized carbons (Fsp3) is 0.263. The second-order valence-corrected chi connectivity index (χ2v) is 6.59. The van der Waals surface area contributed by atoms with Crippen LogP contribution in [0.25, 0.3) is 16.8 Å². The van der Waals surface area contributed by atoms with Crippen molar-refractivity contribution in [2.45, 2.75) is 26.2 Å². The van der Waals surface area contributed by atoms with Gasteiger partial charge in [-0.05, 0) is 24.1 Å². The Balaban J connectivity index is 2.12. The van der Waals surface area contributed by atoms with Gasteiger partial charge in [0.25, 0.3) is 0 Å². The van der Waals surface area contributed by atoms with Crippen LogP contribution in [0.1, 0.15) is 30.7 Å². The van der Waals surface area contributed by atoms with Gasteiger partial charge in [0.1, 0.15) is 5.69 Å². The smallest absolute Gasteiger partial charge is 0.195 e. The summed E-state index contributed by atoms with van der Waals surface area (Å²) in [6.07, 6.45) is 6.09. The zero-order valence-corrected chi connectivity index (χ0v) is 13.5. The zero-order chi connectivity index (χ0) is 15.5. The predicted molar refractivity (Wildman–Crippen MR) is 87.0 cm³/mol. The number of aryl methyl sites for hydroxylation is 2. The highest BCUT2D eigenvalue weighted by atomic mass is 15.4. The van der Waals surface area contributed by atoms with Crippen LogP contribution in [0.5, 0.6) is 0 Å². The average molecular weight is 290 g/mol. The van der Waals surface area contributed by atoms with Gasteiger partial charge in [-0.2, -0.15) is 0 Å². The van der Waals surface area contributed by atoms with Crippen molar-refractivity contribution < 1.29 is 4.68 Å². The summed E-state index contributed by atoms with van der Waals surface area (Å²) in [5.74, 6) is 0. The third-order valence-corrected chi connectivity index (χ3v) is 4.79. The molecule has 3 aromatic rings. The summed E-state index contributed by atoms with van der Waals surface area (Å²) < 4.78 is 4.34. The molecule has 0 saturated heterocycles. The Morgan fingerprint density at radius 1 is 1.09 bits per heavy atom. The third kappa shape index (κ3) is 1.56.